The van der Waals surface area contributed by atoms with Gasteiger partial charge in [0, 0.05) is 25.6 Å². The van der Waals surface area contributed by atoms with Crippen LogP contribution in [0, 0.1) is 29.0 Å². The lowest BCUT2D eigenvalue weighted by Gasteiger charge is -2.60. The van der Waals surface area contributed by atoms with Gasteiger partial charge in [-0.2, -0.15) is 12.7 Å². The average molecular weight is 513 g/mol. The van der Waals surface area contributed by atoms with E-state index in [2.05, 4.69) is 5.32 Å². The number of hydrogen-bond donors (Lipinski definition) is 2. The molecule has 0 radical (unpaired) electrons. The number of carbonyl (C=O) groups is 2. The van der Waals surface area contributed by atoms with Crippen molar-refractivity contribution >= 4 is 39.3 Å². The zero-order valence-corrected chi connectivity index (χ0v) is 20.5. The van der Waals surface area contributed by atoms with Gasteiger partial charge in [0.25, 0.3) is 0 Å². The Kier molecular flexibility index (Phi) is 6.05. The molecule has 2 amide bonds. The topological polar surface area (TPSA) is 113 Å². The van der Waals surface area contributed by atoms with Gasteiger partial charge in [0.05, 0.1) is 17.3 Å². The largest absolute Gasteiger partial charge is 0.370 e. The van der Waals surface area contributed by atoms with Crippen LogP contribution in [0.25, 0.3) is 0 Å². The van der Waals surface area contributed by atoms with Crippen LogP contribution >= 0.6 is 11.6 Å². The summed E-state index contributed by atoms with van der Waals surface area (Å²) in [4.78, 5) is 24.7. The van der Waals surface area contributed by atoms with Crippen LogP contribution in [0.4, 0.5) is 10.1 Å². The van der Waals surface area contributed by atoms with Crippen LogP contribution in [0.2, 0.25) is 5.02 Å². The van der Waals surface area contributed by atoms with Crippen LogP contribution in [0.15, 0.2) is 18.2 Å². The summed E-state index contributed by atoms with van der Waals surface area (Å²) in [6.07, 6.45) is 5.79. The van der Waals surface area contributed by atoms with Gasteiger partial charge in [-0.3, -0.25) is 13.9 Å². The van der Waals surface area contributed by atoms with Crippen molar-refractivity contribution in [3.05, 3.63) is 29.0 Å². The number of carbonyl (C=O) groups excluding carboxylic acids is 2. The van der Waals surface area contributed by atoms with Crippen molar-refractivity contribution < 1.29 is 22.4 Å². The monoisotopic (exact) mass is 512 g/mol. The molecule has 11 heteroatoms. The number of hydrogen-bond acceptors (Lipinski definition) is 4. The molecule has 1 aromatic carbocycles. The number of benzene rings is 1. The molecular formula is C23H30ClFN4O4S. The fraction of sp³-hybridized carbons (Fsp3) is 0.652. The van der Waals surface area contributed by atoms with E-state index in [0.29, 0.717) is 30.6 Å². The van der Waals surface area contributed by atoms with Crippen LogP contribution in [-0.2, 0) is 19.8 Å². The number of anilines is 1. The highest BCUT2D eigenvalue weighted by Gasteiger charge is 2.56. The number of nitrogens with two attached hydrogens (primary N) is 1. The second-order valence-electron chi connectivity index (χ2n) is 10.6. The normalized spacial score (nSPS) is 34.2. The van der Waals surface area contributed by atoms with Crippen molar-refractivity contribution in [2.75, 3.05) is 23.9 Å². The molecule has 0 spiro atoms. The number of primary amides is 1. The molecule has 5 fully saturated rings. The van der Waals surface area contributed by atoms with Crippen LogP contribution in [-0.4, -0.2) is 50.2 Å². The van der Waals surface area contributed by atoms with E-state index in [1.165, 1.54) is 12.1 Å². The molecule has 0 aromatic heterocycles. The minimum atomic E-state index is -3.98. The minimum Gasteiger partial charge on any atom is -0.370 e. The third kappa shape index (κ3) is 4.28. The lowest BCUT2D eigenvalue weighted by molar-refractivity contribution is -0.134. The molecule has 5 aliphatic rings. The number of nitrogens with one attached hydrogen (secondary N) is 1. The third-order valence-corrected chi connectivity index (χ3v) is 10.4. The molecule has 4 bridgehead atoms. The Hall–Kier alpha value is -1.91. The van der Waals surface area contributed by atoms with Gasteiger partial charge < -0.3 is 11.1 Å². The molecule has 1 aromatic rings. The zero-order valence-electron chi connectivity index (χ0n) is 18.9. The molecular weight excluding hydrogens is 483 g/mol. The Balaban J connectivity index is 1.26. The van der Waals surface area contributed by atoms with Crippen molar-refractivity contribution in [1.82, 2.24) is 9.62 Å². The van der Waals surface area contributed by atoms with E-state index >= 15 is 0 Å². The number of rotatable bonds is 6. The Morgan fingerprint density at radius 1 is 1.18 bits per heavy atom. The van der Waals surface area contributed by atoms with Crippen LogP contribution in [0.3, 0.4) is 0 Å². The Bertz CT molecular complexity index is 1100. The summed E-state index contributed by atoms with van der Waals surface area (Å²) in [5.74, 6) is 0.0268. The maximum absolute atomic E-state index is 13.4. The minimum absolute atomic E-state index is 0.000178. The Morgan fingerprint density at radius 2 is 1.88 bits per heavy atom. The standard InChI is InChI=1S/C23H30ClFN4O4S/c24-18-8-17(25)2-3-19(18)29-5-1-4-28(34(29,32)33)13-21(31)27-22-15-6-14-7-16(22)11-23(9-14,10-15)12-20(26)30/h2-3,8,14-16,22H,1,4-7,9-13H2,(H2,26,30)(H,27,31). The number of halogens is 2. The van der Waals surface area contributed by atoms with Gasteiger partial charge in [0.2, 0.25) is 11.8 Å². The highest BCUT2D eigenvalue weighted by molar-refractivity contribution is 7.90. The number of amides is 2. The number of nitrogens with zero attached hydrogens (tertiary/aromatic N) is 2. The van der Waals surface area contributed by atoms with Gasteiger partial charge >= 0.3 is 10.2 Å². The van der Waals surface area contributed by atoms with Gasteiger partial charge in [0.1, 0.15) is 5.82 Å². The Morgan fingerprint density at radius 3 is 2.53 bits per heavy atom. The third-order valence-electron chi connectivity index (χ3n) is 8.15. The van der Waals surface area contributed by atoms with Gasteiger partial charge in [-0.1, -0.05) is 11.6 Å². The van der Waals surface area contributed by atoms with Crippen molar-refractivity contribution in [2.24, 2.45) is 28.9 Å². The Labute approximate surface area is 204 Å². The second kappa shape index (κ2) is 8.64. The summed E-state index contributed by atoms with van der Waals surface area (Å²) in [7, 11) is -3.98. The predicted octanol–water partition coefficient (Wildman–Crippen LogP) is 2.42. The van der Waals surface area contributed by atoms with Crippen molar-refractivity contribution in [2.45, 2.75) is 51.0 Å². The van der Waals surface area contributed by atoms with Crippen LogP contribution in [0.5, 0.6) is 0 Å². The van der Waals surface area contributed by atoms with E-state index in [1.807, 2.05) is 0 Å². The first-order valence-corrected chi connectivity index (χ1v) is 13.6. The first kappa shape index (κ1) is 23.8. The molecule has 6 rings (SSSR count). The van der Waals surface area contributed by atoms with Crippen molar-refractivity contribution in [3.8, 4) is 0 Å². The highest BCUT2D eigenvalue weighted by Crippen LogP contribution is 2.61. The molecule has 1 saturated heterocycles. The first-order valence-electron chi connectivity index (χ1n) is 11.9. The summed E-state index contributed by atoms with van der Waals surface area (Å²) in [6, 6.07) is 3.59. The molecule has 2 atom stereocenters. The van der Waals surface area contributed by atoms with Gasteiger partial charge in [0.15, 0.2) is 0 Å². The molecule has 186 valence electrons. The molecule has 1 heterocycles. The summed E-state index contributed by atoms with van der Waals surface area (Å²) in [6.45, 7) is 0.164. The van der Waals surface area contributed by atoms with Crippen LogP contribution in [0.1, 0.15) is 44.9 Å². The second-order valence-corrected chi connectivity index (χ2v) is 12.8. The quantitative estimate of drug-likeness (QED) is 0.609. The van der Waals surface area contributed by atoms with Gasteiger partial charge in [-0.05, 0) is 79.9 Å². The van der Waals surface area contributed by atoms with Gasteiger partial charge in [-0.15, -0.1) is 0 Å². The molecule has 1 aliphatic heterocycles. The molecule has 4 aliphatic carbocycles. The fourth-order valence-electron chi connectivity index (χ4n) is 7.26. The van der Waals surface area contributed by atoms with E-state index < -0.39 is 16.0 Å². The smallest absolute Gasteiger partial charge is 0.304 e. The van der Waals surface area contributed by atoms with Crippen molar-refractivity contribution in [3.63, 3.8) is 0 Å². The fourth-order valence-corrected chi connectivity index (χ4v) is 9.26. The lowest BCUT2D eigenvalue weighted by Crippen LogP contribution is -2.61. The SMILES string of the molecule is NC(=O)CC12CC3CC(C1)C(NC(=O)CN1CCCN(c4ccc(F)cc4Cl)S1(=O)=O)C(C3)C2. The maximum Gasteiger partial charge on any atom is 0.304 e. The molecule has 4 saturated carbocycles. The zero-order chi connectivity index (χ0) is 24.3. The molecule has 3 N–H and O–H groups in total. The van der Waals surface area contributed by atoms with Crippen molar-refractivity contribution in [1.29, 1.82) is 0 Å². The predicted molar refractivity (Wildman–Crippen MR) is 126 cm³/mol. The van der Waals surface area contributed by atoms with E-state index in [-0.39, 0.29) is 53.6 Å². The molecule has 34 heavy (non-hydrogen) atoms. The first-order chi connectivity index (χ1) is 16.1. The molecule has 2 unspecified atom stereocenters. The van der Waals surface area contributed by atoms with Gasteiger partial charge in [-0.25, -0.2) is 4.39 Å². The highest BCUT2D eigenvalue weighted by atomic mass is 35.5. The summed E-state index contributed by atoms with van der Waals surface area (Å²) >= 11 is 6.11. The van der Waals surface area contributed by atoms with E-state index in [9.17, 15) is 22.4 Å². The summed E-state index contributed by atoms with van der Waals surface area (Å²) in [5.41, 5.74) is 5.70. The summed E-state index contributed by atoms with van der Waals surface area (Å²) in [5, 5.41) is 3.14. The lowest BCUT2D eigenvalue weighted by atomic mass is 9.47. The molecule has 8 nitrogen and oxygen atoms in total. The average Bonchev–Trinajstić information content (AvgIpc) is 2.71. The van der Waals surface area contributed by atoms with E-state index in [1.54, 1.807) is 0 Å². The summed E-state index contributed by atoms with van der Waals surface area (Å²) < 4.78 is 42.2. The maximum atomic E-state index is 13.4. The van der Waals surface area contributed by atoms with Crippen LogP contribution < -0.4 is 15.4 Å². The van der Waals surface area contributed by atoms with E-state index in [4.69, 9.17) is 17.3 Å². The van der Waals surface area contributed by atoms with E-state index in [0.717, 1.165) is 46.8 Å².